The van der Waals surface area contributed by atoms with Gasteiger partial charge in [0, 0.05) is 23.7 Å². The van der Waals surface area contributed by atoms with Gasteiger partial charge < -0.3 is 15.8 Å². The molecule has 0 saturated carbocycles. The van der Waals surface area contributed by atoms with Gasteiger partial charge >= 0.3 is 0 Å². The molecule has 0 fully saturated rings. The predicted molar refractivity (Wildman–Crippen MR) is 123 cm³/mol. The Kier molecular flexibility index (Phi) is 7.80. The predicted octanol–water partition coefficient (Wildman–Crippen LogP) is 4.86. The Bertz CT molecular complexity index is 906. The van der Waals surface area contributed by atoms with Gasteiger partial charge in [0.1, 0.15) is 11.4 Å². The minimum absolute atomic E-state index is 0. The Labute approximate surface area is 186 Å². The molecule has 0 radical (unpaired) electrons. The van der Waals surface area contributed by atoms with E-state index in [1.807, 2.05) is 32.9 Å². The first kappa shape index (κ1) is 23.3. The van der Waals surface area contributed by atoms with E-state index in [1.54, 1.807) is 30.0 Å². The zero-order valence-corrected chi connectivity index (χ0v) is 18.8. The number of benzene rings is 1. The number of hydrogen-bond acceptors (Lipinski definition) is 6. The average Bonchev–Trinajstić information content (AvgIpc) is 2.61. The third-order valence-corrected chi connectivity index (χ3v) is 5.33. The number of pyridine rings is 1. The molecule has 0 spiro atoms. The summed E-state index contributed by atoms with van der Waals surface area (Å²) < 4.78 is 5.89. The van der Waals surface area contributed by atoms with E-state index >= 15 is 0 Å². The van der Waals surface area contributed by atoms with Gasteiger partial charge in [-0.2, -0.15) is 0 Å². The largest absolute Gasteiger partial charge is 0.491 e. The lowest BCUT2D eigenvalue weighted by atomic mass is 9.89. The zero-order valence-electron chi connectivity index (χ0n) is 16.4. The van der Waals surface area contributed by atoms with E-state index < -0.39 is 5.54 Å². The normalized spacial score (nSPS) is 18.6. The maximum absolute atomic E-state index is 12.6. The van der Waals surface area contributed by atoms with Crippen LogP contribution in [0.2, 0.25) is 5.02 Å². The van der Waals surface area contributed by atoms with Gasteiger partial charge in [-0.05, 0) is 57.0 Å². The Morgan fingerprint density at radius 2 is 2.10 bits per heavy atom. The van der Waals surface area contributed by atoms with Crippen molar-refractivity contribution in [2.45, 2.75) is 38.8 Å². The Morgan fingerprint density at radius 3 is 2.72 bits per heavy atom. The van der Waals surface area contributed by atoms with Crippen LogP contribution >= 0.6 is 35.8 Å². The minimum atomic E-state index is -0.469. The van der Waals surface area contributed by atoms with Crippen molar-refractivity contribution < 1.29 is 9.53 Å². The van der Waals surface area contributed by atoms with Crippen molar-refractivity contribution >= 4 is 52.5 Å². The SMILES string of the molecule is CC(C)Oc1cc(NC(=O)c2ccc(Cl)cn2)cc(C2(C)CCSC(N)=N2)c1.Cl. The van der Waals surface area contributed by atoms with Gasteiger partial charge in [-0.3, -0.25) is 9.79 Å². The van der Waals surface area contributed by atoms with Gasteiger partial charge in [0.2, 0.25) is 0 Å². The fourth-order valence-corrected chi connectivity index (χ4v) is 4.01. The number of halogens is 2. The average molecular weight is 455 g/mol. The van der Waals surface area contributed by atoms with Crippen LogP contribution in [0.4, 0.5) is 5.69 Å². The number of carbonyl (C=O) groups excluding carboxylic acids is 1. The first-order valence-electron chi connectivity index (χ1n) is 8.98. The summed E-state index contributed by atoms with van der Waals surface area (Å²) in [7, 11) is 0. The van der Waals surface area contributed by atoms with E-state index in [9.17, 15) is 4.79 Å². The second kappa shape index (κ2) is 9.69. The second-order valence-electron chi connectivity index (χ2n) is 7.05. The molecule has 0 bridgehead atoms. The lowest BCUT2D eigenvalue weighted by Crippen LogP contribution is -2.29. The van der Waals surface area contributed by atoms with E-state index in [-0.39, 0.29) is 30.1 Å². The van der Waals surface area contributed by atoms with Crippen LogP contribution in [-0.2, 0) is 5.54 Å². The summed E-state index contributed by atoms with van der Waals surface area (Å²) >= 11 is 7.40. The summed E-state index contributed by atoms with van der Waals surface area (Å²) in [5.41, 5.74) is 7.33. The highest BCUT2D eigenvalue weighted by atomic mass is 35.5. The molecule has 6 nitrogen and oxygen atoms in total. The summed E-state index contributed by atoms with van der Waals surface area (Å²) in [4.78, 5) is 21.3. The highest BCUT2D eigenvalue weighted by molar-refractivity contribution is 8.13. The molecule has 3 N–H and O–H groups in total. The first-order valence-corrected chi connectivity index (χ1v) is 10.3. The molecule has 156 valence electrons. The van der Waals surface area contributed by atoms with Crippen molar-refractivity contribution in [1.29, 1.82) is 0 Å². The zero-order chi connectivity index (χ0) is 20.3. The Morgan fingerprint density at radius 1 is 1.34 bits per heavy atom. The fraction of sp³-hybridized carbons (Fsp3) is 0.350. The molecule has 2 aromatic rings. The summed E-state index contributed by atoms with van der Waals surface area (Å²) in [5, 5.41) is 3.94. The van der Waals surface area contributed by atoms with Gasteiger partial charge in [0.25, 0.3) is 5.91 Å². The van der Waals surface area contributed by atoms with Crippen LogP contribution in [0, 0.1) is 0 Å². The number of aromatic nitrogens is 1. The highest BCUT2D eigenvalue weighted by Gasteiger charge is 2.30. The van der Waals surface area contributed by atoms with Crippen LogP contribution < -0.4 is 15.8 Å². The van der Waals surface area contributed by atoms with Gasteiger partial charge in [-0.1, -0.05) is 23.4 Å². The molecule has 1 unspecified atom stereocenters. The van der Waals surface area contributed by atoms with Gasteiger partial charge in [-0.15, -0.1) is 12.4 Å². The van der Waals surface area contributed by atoms with E-state index in [2.05, 4.69) is 15.3 Å². The van der Waals surface area contributed by atoms with Crippen LogP contribution in [0.1, 0.15) is 43.2 Å². The standard InChI is InChI=1S/C20H23ClN4O2S.ClH/c1-12(2)27-16-9-13(20(3)6-7-28-19(22)25-20)8-15(10-16)24-18(26)17-5-4-14(21)11-23-17;/h4-5,8-12H,6-7H2,1-3H3,(H2,22,25)(H,24,26);1H. The van der Waals surface area contributed by atoms with Crippen molar-refractivity contribution in [3.8, 4) is 5.75 Å². The minimum Gasteiger partial charge on any atom is -0.491 e. The number of nitrogens with two attached hydrogens (primary N) is 1. The van der Waals surface area contributed by atoms with E-state index in [0.29, 0.717) is 21.6 Å². The van der Waals surface area contributed by atoms with Crippen molar-refractivity contribution in [2.75, 3.05) is 11.1 Å². The lowest BCUT2D eigenvalue weighted by Gasteiger charge is -2.30. The van der Waals surface area contributed by atoms with E-state index in [4.69, 9.17) is 22.1 Å². The molecule has 9 heteroatoms. The molecular formula is C20H24Cl2N4O2S. The molecule has 0 saturated heterocycles. The first-order chi connectivity index (χ1) is 13.2. The number of carbonyl (C=O) groups is 1. The molecule has 1 aromatic carbocycles. The number of rotatable bonds is 5. The fourth-order valence-electron chi connectivity index (χ4n) is 2.92. The van der Waals surface area contributed by atoms with Crippen molar-refractivity contribution in [3.05, 3.63) is 52.8 Å². The Balaban J connectivity index is 0.00000300. The van der Waals surface area contributed by atoms with Crippen LogP contribution in [-0.4, -0.2) is 27.9 Å². The molecule has 1 aliphatic rings. The molecule has 29 heavy (non-hydrogen) atoms. The molecule has 2 heterocycles. The number of anilines is 1. The monoisotopic (exact) mass is 454 g/mol. The highest BCUT2D eigenvalue weighted by Crippen LogP contribution is 2.38. The van der Waals surface area contributed by atoms with Crippen LogP contribution in [0.25, 0.3) is 0 Å². The number of nitrogens with one attached hydrogen (secondary N) is 1. The van der Waals surface area contributed by atoms with Crippen LogP contribution in [0.3, 0.4) is 0 Å². The molecular weight excluding hydrogens is 431 g/mol. The summed E-state index contributed by atoms with van der Waals surface area (Å²) in [6.45, 7) is 5.95. The number of nitrogens with zero attached hydrogens (tertiary/aromatic N) is 2. The topological polar surface area (TPSA) is 89.6 Å². The maximum atomic E-state index is 12.6. The molecule has 1 amide bonds. The van der Waals surface area contributed by atoms with Crippen LogP contribution in [0.15, 0.2) is 41.5 Å². The van der Waals surface area contributed by atoms with Crippen LogP contribution in [0.5, 0.6) is 5.75 Å². The third kappa shape index (κ3) is 6.01. The van der Waals surface area contributed by atoms with E-state index in [0.717, 1.165) is 17.7 Å². The summed E-state index contributed by atoms with van der Waals surface area (Å²) in [6, 6.07) is 8.88. The summed E-state index contributed by atoms with van der Waals surface area (Å²) in [6.07, 6.45) is 2.29. The lowest BCUT2D eigenvalue weighted by molar-refractivity contribution is 0.102. The summed E-state index contributed by atoms with van der Waals surface area (Å²) in [5.74, 6) is 1.23. The number of aliphatic imine (C=N–C) groups is 1. The number of thioether (sulfide) groups is 1. The number of amides is 1. The van der Waals surface area contributed by atoms with E-state index in [1.165, 1.54) is 6.20 Å². The quantitative estimate of drug-likeness (QED) is 0.672. The molecule has 1 aliphatic heterocycles. The number of ether oxygens (including phenoxy) is 1. The van der Waals surface area contributed by atoms with Crippen molar-refractivity contribution in [2.24, 2.45) is 10.7 Å². The van der Waals surface area contributed by atoms with Gasteiger partial charge in [0.05, 0.1) is 16.7 Å². The Hall–Kier alpha value is -1.96. The van der Waals surface area contributed by atoms with Gasteiger partial charge in [-0.25, -0.2) is 4.98 Å². The number of hydrogen-bond donors (Lipinski definition) is 2. The van der Waals surface area contributed by atoms with Crippen molar-refractivity contribution in [3.63, 3.8) is 0 Å². The molecule has 1 aromatic heterocycles. The third-order valence-electron chi connectivity index (χ3n) is 4.31. The molecule has 1 atom stereocenters. The molecule has 0 aliphatic carbocycles. The second-order valence-corrected chi connectivity index (χ2v) is 8.60. The number of amidine groups is 1. The van der Waals surface area contributed by atoms with Crippen molar-refractivity contribution in [1.82, 2.24) is 4.98 Å². The molecule has 3 rings (SSSR count). The smallest absolute Gasteiger partial charge is 0.274 e. The maximum Gasteiger partial charge on any atom is 0.274 e. The van der Waals surface area contributed by atoms with Gasteiger partial charge in [0.15, 0.2) is 5.17 Å².